The van der Waals surface area contributed by atoms with Crippen molar-refractivity contribution in [1.82, 2.24) is 4.72 Å². The summed E-state index contributed by atoms with van der Waals surface area (Å²) in [7, 11) is -3.77. The van der Waals surface area contributed by atoms with Crippen LogP contribution in [0, 0.1) is 11.7 Å². The first-order valence-electron chi connectivity index (χ1n) is 5.79. The van der Waals surface area contributed by atoms with Crippen molar-refractivity contribution < 1.29 is 17.9 Å². The third-order valence-corrected chi connectivity index (χ3v) is 4.58. The molecule has 1 aliphatic carbocycles. The lowest BCUT2D eigenvalue weighted by atomic mass is 10.0. The lowest BCUT2D eigenvalue weighted by Crippen LogP contribution is -2.42. The first-order valence-corrected chi connectivity index (χ1v) is 7.27. The largest absolute Gasteiger partial charge is 0.389 e. The van der Waals surface area contributed by atoms with Crippen LogP contribution >= 0.6 is 0 Å². The maximum atomic E-state index is 13.0. The Labute approximate surface area is 106 Å². The number of aliphatic hydroxyl groups is 1. The van der Waals surface area contributed by atoms with Crippen molar-refractivity contribution in [2.75, 3.05) is 6.54 Å². The van der Waals surface area contributed by atoms with E-state index in [9.17, 15) is 17.9 Å². The molecule has 0 radical (unpaired) electrons. The van der Waals surface area contributed by atoms with Gasteiger partial charge in [0.05, 0.1) is 10.5 Å². The summed E-state index contributed by atoms with van der Waals surface area (Å²) in [6.45, 7) is 1.55. The van der Waals surface area contributed by atoms with E-state index < -0.39 is 21.4 Å². The summed E-state index contributed by atoms with van der Waals surface area (Å²) < 4.78 is 39.1. The van der Waals surface area contributed by atoms with Crippen molar-refractivity contribution in [3.63, 3.8) is 0 Å². The highest BCUT2D eigenvalue weighted by Gasteiger charge is 2.40. The minimum absolute atomic E-state index is 0.0590. The van der Waals surface area contributed by atoms with E-state index in [1.54, 1.807) is 6.92 Å². The number of rotatable bonds is 5. The molecule has 0 spiro atoms. The van der Waals surface area contributed by atoms with Gasteiger partial charge in [-0.1, -0.05) is 6.07 Å². The Morgan fingerprint density at radius 2 is 2.17 bits per heavy atom. The fourth-order valence-corrected chi connectivity index (χ4v) is 2.98. The predicted molar refractivity (Wildman–Crippen MR) is 64.9 cm³/mol. The molecule has 18 heavy (non-hydrogen) atoms. The molecule has 0 heterocycles. The SMILES string of the molecule is C[C@](O)(CNS(=O)(=O)c1cccc(F)c1)C1CC1. The van der Waals surface area contributed by atoms with E-state index in [2.05, 4.69) is 4.72 Å². The fraction of sp³-hybridized carbons (Fsp3) is 0.500. The third kappa shape index (κ3) is 3.07. The first-order chi connectivity index (χ1) is 8.31. The number of halogens is 1. The van der Waals surface area contributed by atoms with Gasteiger partial charge in [-0.3, -0.25) is 0 Å². The summed E-state index contributed by atoms with van der Waals surface area (Å²) in [4.78, 5) is -0.130. The number of benzene rings is 1. The zero-order valence-corrected chi connectivity index (χ0v) is 10.9. The van der Waals surface area contributed by atoms with Gasteiger partial charge in [0.15, 0.2) is 0 Å². The number of sulfonamides is 1. The molecule has 2 N–H and O–H groups in total. The molecule has 1 aromatic carbocycles. The molecule has 100 valence electrons. The van der Waals surface area contributed by atoms with Gasteiger partial charge in [0.25, 0.3) is 0 Å². The lowest BCUT2D eigenvalue weighted by molar-refractivity contribution is 0.0422. The third-order valence-electron chi connectivity index (χ3n) is 3.18. The van der Waals surface area contributed by atoms with E-state index in [0.717, 1.165) is 18.9 Å². The minimum atomic E-state index is -3.77. The molecular weight excluding hydrogens is 257 g/mol. The van der Waals surface area contributed by atoms with Crippen molar-refractivity contribution in [3.8, 4) is 0 Å². The molecule has 0 aromatic heterocycles. The molecule has 0 saturated heterocycles. The number of hydrogen-bond donors (Lipinski definition) is 2. The van der Waals surface area contributed by atoms with Gasteiger partial charge in [-0.05, 0) is 43.9 Å². The van der Waals surface area contributed by atoms with E-state index in [4.69, 9.17) is 0 Å². The van der Waals surface area contributed by atoms with Crippen LogP contribution in [-0.4, -0.2) is 25.7 Å². The van der Waals surface area contributed by atoms with Crippen molar-refractivity contribution in [3.05, 3.63) is 30.1 Å². The maximum Gasteiger partial charge on any atom is 0.240 e. The van der Waals surface area contributed by atoms with Gasteiger partial charge in [-0.25, -0.2) is 17.5 Å². The molecule has 4 nitrogen and oxygen atoms in total. The molecular formula is C12H16FNO3S. The summed E-state index contributed by atoms with van der Waals surface area (Å²) in [5.74, 6) is -0.459. The molecule has 0 aliphatic heterocycles. The smallest absolute Gasteiger partial charge is 0.240 e. The van der Waals surface area contributed by atoms with E-state index in [0.29, 0.717) is 0 Å². The average Bonchev–Trinajstić information content (AvgIpc) is 3.11. The summed E-state index contributed by atoms with van der Waals surface area (Å²) in [5.41, 5.74) is -1.04. The molecule has 1 fully saturated rings. The topological polar surface area (TPSA) is 66.4 Å². The van der Waals surface area contributed by atoms with Crippen molar-refractivity contribution >= 4 is 10.0 Å². The summed E-state index contributed by atoms with van der Waals surface area (Å²) in [6, 6.07) is 4.79. The van der Waals surface area contributed by atoms with Crippen LogP contribution < -0.4 is 4.72 Å². The van der Waals surface area contributed by atoms with Crippen LogP contribution in [0.25, 0.3) is 0 Å². The highest BCUT2D eigenvalue weighted by molar-refractivity contribution is 7.89. The van der Waals surface area contributed by atoms with Crippen LogP contribution in [0.1, 0.15) is 19.8 Å². The van der Waals surface area contributed by atoms with E-state index in [-0.39, 0.29) is 17.4 Å². The van der Waals surface area contributed by atoms with Crippen LogP contribution in [0.2, 0.25) is 0 Å². The lowest BCUT2D eigenvalue weighted by Gasteiger charge is -2.23. The summed E-state index contributed by atoms with van der Waals surface area (Å²) in [5, 5.41) is 10.0. The Bertz CT molecular complexity index is 538. The summed E-state index contributed by atoms with van der Waals surface area (Å²) >= 11 is 0. The molecule has 1 saturated carbocycles. The zero-order valence-electron chi connectivity index (χ0n) is 10.1. The predicted octanol–water partition coefficient (Wildman–Crippen LogP) is 1.27. The van der Waals surface area contributed by atoms with Gasteiger partial charge in [0.1, 0.15) is 5.82 Å². The first kappa shape index (κ1) is 13.5. The average molecular weight is 273 g/mol. The van der Waals surface area contributed by atoms with Crippen LogP contribution in [0.5, 0.6) is 0 Å². The highest BCUT2D eigenvalue weighted by Crippen LogP contribution is 2.39. The van der Waals surface area contributed by atoms with Gasteiger partial charge in [-0.2, -0.15) is 0 Å². The van der Waals surface area contributed by atoms with Crippen molar-refractivity contribution in [2.24, 2.45) is 5.92 Å². The molecule has 0 amide bonds. The standard InChI is InChI=1S/C12H16FNO3S/c1-12(15,9-5-6-9)8-14-18(16,17)11-4-2-3-10(13)7-11/h2-4,7,9,14-15H,5-6,8H2,1H3/t12-/m0/s1. The van der Waals surface area contributed by atoms with Crippen LogP contribution in [0.15, 0.2) is 29.2 Å². The van der Waals surface area contributed by atoms with Crippen molar-refractivity contribution in [2.45, 2.75) is 30.3 Å². The molecule has 6 heteroatoms. The molecule has 0 bridgehead atoms. The minimum Gasteiger partial charge on any atom is -0.389 e. The van der Waals surface area contributed by atoms with Gasteiger partial charge in [-0.15, -0.1) is 0 Å². The van der Waals surface area contributed by atoms with E-state index in [1.807, 2.05) is 0 Å². The number of hydrogen-bond acceptors (Lipinski definition) is 3. The maximum absolute atomic E-state index is 13.0. The second-order valence-corrected chi connectivity index (χ2v) is 6.68. The van der Waals surface area contributed by atoms with Gasteiger partial charge in [0.2, 0.25) is 10.0 Å². The molecule has 1 aromatic rings. The van der Waals surface area contributed by atoms with Gasteiger partial charge >= 0.3 is 0 Å². The van der Waals surface area contributed by atoms with E-state index in [1.165, 1.54) is 18.2 Å². The van der Waals surface area contributed by atoms with Gasteiger partial charge < -0.3 is 5.11 Å². The van der Waals surface area contributed by atoms with Crippen LogP contribution in [0.3, 0.4) is 0 Å². The Hall–Kier alpha value is -0.980. The quantitative estimate of drug-likeness (QED) is 0.849. The summed E-state index contributed by atoms with van der Waals surface area (Å²) in [6.07, 6.45) is 1.82. The van der Waals surface area contributed by atoms with E-state index >= 15 is 0 Å². The Balaban J connectivity index is 2.08. The number of nitrogens with one attached hydrogen (secondary N) is 1. The molecule has 1 aliphatic rings. The monoisotopic (exact) mass is 273 g/mol. The Kier molecular flexibility index (Phi) is 3.44. The second kappa shape index (κ2) is 4.60. The Morgan fingerprint density at radius 1 is 1.50 bits per heavy atom. The fourth-order valence-electron chi connectivity index (χ4n) is 1.81. The molecule has 1 atom stereocenters. The molecule has 2 rings (SSSR count). The zero-order chi connectivity index (χ0) is 13.4. The van der Waals surface area contributed by atoms with Crippen LogP contribution in [-0.2, 0) is 10.0 Å². The van der Waals surface area contributed by atoms with Gasteiger partial charge in [0, 0.05) is 6.54 Å². The Morgan fingerprint density at radius 3 is 2.72 bits per heavy atom. The molecule has 0 unspecified atom stereocenters. The van der Waals surface area contributed by atoms with Crippen molar-refractivity contribution in [1.29, 1.82) is 0 Å². The van der Waals surface area contributed by atoms with Crippen LogP contribution in [0.4, 0.5) is 4.39 Å². The normalized spacial score (nSPS) is 19.5. The highest BCUT2D eigenvalue weighted by atomic mass is 32.2. The second-order valence-electron chi connectivity index (χ2n) is 4.91.